The van der Waals surface area contributed by atoms with Crippen molar-refractivity contribution in [2.75, 3.05) is 18.0 Å². The van der Waals surface area contributed by atoms with Crippen molar-refractivity contribution in [3.63, 3.8) is 0 Å². The number of piperidine rings is 1. The van der Waals surface area contributed by atoms with Crippen LogP contribution in [0.5, 0.6) is 0 Å². The molecule has 2 heteroatoms. The quantitative estimate of drug-likeness (QED) is 0.900. The summed E-state index contributed by atoms with van der Waals surface area (Å²) in [6, 6.07) is 10.6. The summed E-state index contributed by atoms with van der Waals surface area (Å²) >= 11 is 0. The van der Waals surface area contributed by atoms with Gasteiger partial charge in [-0.25, -0.2) is 0 Å². The van der Waals surface area contributed by atoms with Crippen LogP contribution >= 0.6 is 0 Å². The maximum atomic E-state index is 10.9. The zero-order valence-corrected chi connectivity index (χ0v) is 12.4. The van der Waals surface area contributed by atoms with E-state index >= 15 is 0 Å². The summed E-state index contributed by atoms with van der Waals surface area (Å²) < 4.78 is 0. The lowest BCUT2D eigenvalue weighted by Crippen LogP contribution is -2.45. The van der Waals surface area contributed by atoms with Crippen molar-refractivity contribution in [2.24, 2.45) is 5.92 Å². The Morgan fingerprint density at radius 1 is 1.00 bits per heavy atom. The molecule has 1 aromatic rings. The molecule has 2 aliphatic rings. The van der Waals surface area contributed by atoms with Crippen molar-refractivity contribution in [3.8, 4) is 0 Å². The highest BCUT2D eigenvalue weighted by atomic mass is 16.3. The molecule has 0 amide bonds. The largest absolute Gasteiger partial charge is 0.390 e. The van der Waals surface area contributed by atoms with E-state index in [1.54, 1.807) is 0 Å². The van der Waals surface area contributed by atoms with Crippen LogP contribution in [0.2, 0.25) is 0 Å². The first kappa shape index (κ1) is 13.9. The van der Waals surface area contributed by atoms with E-state index in [1.807, 2.05) is 0 Å². The molecular formula is C18H27NO. The van der Waals surface area contributed by atoms with Crippen LogP contribution in [0.1, 0.15) is 51.4 Å². The molecule has 2 nitrogen and oxygen atoms in total. The van der Waals surface area contributed by atoms with E-state index in [2.05, 4.69) is 35.2 Å². The lowest BCUT2D eigenvalue weighted by molar-refractivity contribution is -0.0111. The highest BCUT2D eigenvalue weighted by Crippen LogP contribution is 2.36. The molecule has 1 heterocycles. The first-order valence-electron chi connectivity index (χ1n) is 8.28. The van der Waals surface area contributed by atoms with Crippen LogP contribution in [-0.2, 0) is 0 Å². The molecule has 0 aromatic heterocycles. The molecule has 0 bridgehead atoms. The topological polar surface area (TPSA) is 23.5 Å². The number of anilines is 1. The van der Waals surface area contributed by atoms with Crippen LogP contribution in [0.25, 0.3) is 0 Å². The molecule has 1 aliphatic heterocycles. The van der Waals surface area contributed by atoms with E-state index in [0.717, 1.165) is 38.3 Å². The minimum absolute atomic E-state index is 0.396. The Kier molecular flexibility index (Phi) is 4.30. The molecule has 110 valence electrons. The maximum absolute atomic E-state index is 10.9. The Balaban J connectivity index is 1.54. The van der Waals surface area contributed by atoms with Crippen molar-refractivity contribution in [1.29, 1.82) is 0 Å². The second-order valence-electron chi connectivity index (χ2n) is 6.76. The van der Waals surface area contributed by atoms with Gasteiger partial charge >= 0.3 is 0 Å². The molecule has 3 rings (SSSR count). The average molecular weight is 273 g/mol. The summed E-state index contributed by atoms with van der Waals surface area (Å²) in [4.78, 5) is 2.41. The van der Waals surface area contributed by atoms with Gasteiger partial charge in [-0.3, -0.25) is 0 Å². The zero-order chi connectivity index (χ0) is 13.8. The molecule has 0 radical (unpaired) electrons. The highest BCUT2D eigenvalue weighted by Gasteiger charge is 2.34. The molecule has 0 atom stereocenters. The number of hydrogen-bond donors (Lipinski definition) is 1. The predicted octanol–water partition coefficient (Wildman–Crippen LogP) is 3.99. The second kappa shape index (κ2) is 6.17. The molecule has 1 aromatic carbocycles. The van der Waals surface area contributed by atoms with E-state index in [9.17, 15) is 5.11 Å². The van der Waals surface area contributed by atoms with Gasteiger partial charge in [0.2, 0.25) is 0 Å². The normalized spacial score (nSPS) is 23.8. The third-order valence-electron chi connectivity index (χ3n) is 5.21. The molecule has 1 saturated heterocycles. The van der Waals surface area contributed by atoms with Crippen LogP contribution in [0.15, 0.2) is 30.3 Å². The van der Waals surface area contributed by atoms with Gasteiger partial charge < -0.3 is 10.0 Å². The molecule has 1 saturated carbocycles. The van der Waals surface area contributed by atoms with Gasteiger partial charge in [-0.1, -0.05) is 50.3 Å². The first-order chi connectivity index (χ1) is 9.75. The van der Waals surface area contributed by atoms with Gasteiger partial charge in [-0.15, -0.1) is 0 Å². The van der Waals surface area contributed by atoms with Gasteiger partial charge in [0.25, 0.3) is 0 Å². The number of hydrogen-bond acceptors (Lipinski definition) is 2. The number of para-hydroxylation sites is 1. The van der Waals surface area contributed by atoms with Crippen LogP contribution in [0.4, 0.5) is 5.69 Å². The lowest BCUT2D eigenvalue weighted by atomic mass is 9.77. The van der Waals surface area contributed by atoms with Crippen LogP contribution < -0.4 is 4.90 Å². The molecular weight excluding hydrogens is 246 g/mol. The van der Waals surface area contributed by atoms with Crippen molar-refractivity contribution in [1.82, 2.24) is 0 Å². The number of nitrogens with zero attached hydrogens (tertiary/aromatic N) is 1. The maximum Gasteiger partial charge on any atom is 0.0684 e. The zero-order valence-electron chi connectivity index (χ0n) is 12.4. The smallest absolute Gasteiger partial charge is 0.0684 e. The fourth-order valence-electron chi connectivity index (χ4n) is 3.95. The van der Waals surface area contributed by atoms with E-state index < -0.39 is 5.60 Å². The Hall–Kier alpha value is -1.02. The van der Waals surface area contributed by atoms with Gasteiger partial charge in [0.15, 0.2) is 0 Å². The summed E-state index contributed by atoms with van der Waals surface area (Å²) in [5.41, 5.74) is 0.903. The first-order valence-corrected chi connectivity index (χ1v) is 8.28. The third kappa shape index (κ3) is 3.35. The molecule has 1 N–H and O–H groups in total. The molecule has 0 unspecified atom stereocenters. The van der Waals surface area contributed by atoms with Crippen molar-refractivity contribution in [2.45, 2.75) is 57.0 Å². The Morgan fingerprint density at radius 2 is 1.65 bits per heavy atom. The average Bonchev–Trinajstić information content (AvgIpc) is 2.50. The van der Waals surface area contributed by atoms with Crippen molar-refractivity contribution >= 4 is 5.69 Å². The third-order valence-corrected chi connectivity index (χ3v) is 5.21. The van der Waals surface area contributed by atoms with E-state index in [-0.39, 0.29) is 0 Å². The minimum Gasteiger partial charge on any atom is -0.390 e. The Labute approximate surface area is 122 Å². The highest BCUT2D eigenvalue weighted by molar-refractivity contribution is 5.46. The van der Waals surface area contributed by atoms with E-state index in [0.29, 0.717) is 0 Å². The number of rotatable bonds is 3. The molecule has 0 spiro atoms. The number of aliphatic hydroxyl groups is 1. The summed E-state index contributed by atoms with van der Waals surface area (Å²) in [6.45, 7) is 1.99. The van der Waals surface area contributed by atoms with Gasteiger partial charge in [0.05, 0.1) is 5.60 Å². The standard InChI is InChI=1S/C18H27NO/c20-18(15-16-7-3-1-4-8-16)11-13-19(14-12-18)17-9-5-2-6-10-17/h2,5-6,9-10,16,20H,1,3-4,7-8,11-15H2. The fourth-order valence-corrected chi connectivity index (χ4v) is 3.95. The van der Waals surface area contributed by atoms with Crippen LogP contribution in [-0.4, -0.2) is 23.8 Å². The lowest BCUT2D eigenvalue weighted by Gasteiger charge is -2.41. The van der Waals surface area contributed by atoms with Gasteiger partial charge in [-0.2, -0.15) is 0 Å². The molecule has 20 heavy (non-hydrogen) atoms. The number of benzene rings is 1. The SMILES string of the molecule is OC1(CC2CCCCC2)CCN(c2ccccc2)CC1. The van der Waals surface area contributed by atoms with E-state index in [1.165, 1.54) is 37.8 Å². The predicted molar refractivity (Wildman–Crippen MR) is 84.0 cm³/mol. The summed E-state index contributed by atoms with van der Waals surface area (Å²) in [6.07, 6.45) is 9.71. The van der Waals surface area contributed by atoms with Gasteiger partial charge in [0.1, 0.15) is 0 Å². The van der Waals surface area contributed by atoms with Gasteiger partial charge in [-0.05, 0) is 37.3 Å². The van der Waals surface area contributed by atoms with Crippen molar-refractivity contribution < 1.29 is 5.11 Å². The van der Waals surface area contributed by atoms with Crippen molar-refractivity contribution in [3.05, 3.63) is 30.3 Å². The minimum atomic E-state index is -0.396. The van der Waals surface area contributed by atoms with Crippen LogP contribution in [0.3, 0.4) is 0 Å². The monoisotopic (exact) mass is 273 g/mol. The summed E-state index contributed by atoms with van der Waals surface area (Å²) in [5, 5.41) is 10.9. The van der Waals surface area contributed by atoms with Gasteiger partial charge in [0, 0.05) is 18.8 Å². The second-order valence-corrected chi connectivity index (χ2v) is 6.76. The summed E-state index contributed by atoms with van der Waals surface area (Å²) in [7, 11) is 0. The van der Waals surface area contributed by atoms with Crippen LogP contribution in [0, 0.1) is 5.92 Å². The Bertz CT molecular complexity index is 403. The Morgan fingerprint density at radius 3 is 2.30 bits per heavy atom. The summed E-state index contributed by atoms with van der Waals surface area (Å²) in [5.74, 6) is 0.775. The molecule has 1 aliphatic carbocycles. The fraction of sp³-hybridized carbons (Fsp3) is 0.667. The molecule has 2 fully saturated rings. The van der Waals surface area contributed by atoms with E-state index in [4.69, 9.17) is 0 Å².